The molecule has 0 fully saturated rings. The molecule has 0 spiro atoms. The molecule has 9 heteroatoms. The number of fused-ring (bicyclic) bond motifs is 1. The molecule has 0 unspecified atom stereocenters. The lowest BCUT2D eigenvalue weighted by atomic mass is 10.2. The van der Waals surface area contributed by atoms with Crippen molar-refractivity contribution in [1.82, 2.24) is 19.3 Å². The molecule has 2 heterocycles. The number of anilines is 1. The van der Waals surface area contributed by atoms with Crippen LogP contribution in [-0.4, -0.2) is 46.1 Å². The third kappa shape index (κ3) is 4.74. The zero-order valence-electron chi connectivity index (χ0n) is 18.0. The van der Waals surface area contributed by atoms with Gasteiger partial charge in [0.05, 0.1) is 13.7 Å². The molecule has 8 nitrogen and oxygen atoms in total. The molecular formula is C23H25N5O3S. The first-order valence-electron chi connectivity index (χ1n) is 10.3. The highest BCUT2D eigenvalue weighted by molar-refractivity contribution is 7.71. The smallest absolute Gasteiger partial charge is 0.226 e. The summed E-state index contributed by atoms with van der Waals surface area (Å²) in [5.74, 6) is 1.36. The Labute approximate surface area is 190 Å². The van der Waals surface area contributed by atoms with Gasteiger partial charge in [-0.3, -0.25) is 14.5 Å². The summed E-state index contributed by atoms with van der Waals surface area (Å²) in [5.41, 5.74) is 2.76. The average molecular weight is 452 g/mol. The summed E-state index contributed by atoms with van der Waals surface area (Å²) in [6.07, 6.45) is 2.29. The molecule has 0 aliphatic rings. The van der Waals surface area contributed by atoms with Crippen LogP contribution in [0.25, 0.3) is 22.3 Å². The first-order valence-corrected chi connectivity index (χ1v) is 10.7. The summed E-state index contributed by atoms with van der Waals surface area (Å²) in [6, 6.07) is 15.5. The first kappa shape index (κ1) is 21.8. The number of aromatic amines is 1. The van der Waals surface area contributed by atoms with Crippen LogP contribution in [0.4, 0.5) is 5.69 Å². The van der Waals surface area contributed by atoms with E-state index in [1.165, 1.54) is 0 Å². The molecule has 0 bridgehead atoms. The normalized spacial score (nSPS) is 11.1. The molecule has 0 saturated carbocycles. The number of benzene rings is 2. The summed E-state index contributed by atoms with van der Waals surface area (Å²) in [6.45, 7) is 1.85. The van der Waals surface area contributed by atoms with E-state index in [-0.39, 0.29) is 12.3 Å². The molecule has 4 rings (SSSR count). The number of H-pyrrole nitrogens is 1. The molecular weight excluding hydrogens is 426 g/mol. The van der Waals surface area contributed by atoms with E-state index in [2.05, 4.69) is 20.1 Å². The van der Waals surface area contributed by atoms with E-state index in [1.807, 2.05) is 59.3 Å². The van der Waals surface area contributed by atoms with E-state index in [0.717, 1.165) is 34.4 Å². The Morgan fingerprint density at radius 2 is 1.94 bits per heavy atom. The van der Waals surface area contributed by atoms with Crippen molar-refractivity contribution in [3.05, 3.63) is 59.5 Å². The Balaban J connectivity index is 1.42. The molecule has 0 saturated heterocycles. The van der Waals surface area contributed by atoms with Crippen LogP contribution >= 0.6 is 12.2 Å². The molecule has 0 aliphatic heterocycles. The lowest BCUT2D eigenvalue weighted by Crippen LogP contribution is -2.15. The summed E-state index contributed by atoms with van der Waals surface area (Å²) < 4.78 is 14.8. The maximum atomic E-state index is 12.6. The fourth-order valence-electron chi connectivity index (χ4n) is 3.58. The lowest BCUT2D eigenvalue weighted by Gasteiger charge is -2.09. The lowest BCUT2D eigenvalue weighted by molar-refractivity contribution is -0.116. The number of carbonyl (C=O) groups is 1. The van der Waals surface area contributed by atoms with E-state index in [4.69, 9.17) is 21.7 Å². The number of carbonyl (C=O) groups excluding carboxylic acids is 1. The standard InChI is InChI=1S/C23H25N5O3S/c1-30-14-13-27-11-9-17-15-18(5-8-20(17)27)24-21(29)10-12-28-22(25-26-23(28)32)16-3-6-19(31-2)7-4-16/h3-9,11,15H,10,12-14H2,1-2H3,(H,24,29)(H,26,32). The number of amides is 1. The molecule has 2 aromatic heterocycles. The van der Waals surface area contributed by atoms with Crippen molar-refractivity contribution in [2.24, 2.45) is 0 Å². The van der Waals surface area contributed by atoms with Crippen molar-refractivity contribution >= 4 is 34.7 Å². The minimum absolute atomic E-state index is 0.0908. The van der Waals surface area contributed by atoms with Crippen molar-refractivity contribution in [2.45, 2.75) is 19.5 Å². The van der Waals surface area contributed by atoms with Crippen molar-refractivity contribution in [3.63, 3.8) is 0 Å². The SMILES string of the molecule is COCCn1ccc2cc(NC(=O)CCn3c(-c4ccc(OC)cc4)n[nH]c3=S)ccc21. The van der Waals surface area contributed by atoms with Crippen LogP contribution in [0.15, 0.2) is 54.7 Å². The topological polar surface area (TPSA) is 86.1 Å². The van der Waals surface area contributed by atoms with Crippen LogP contribution in [0.2, 0.25) is 0 Å². The molecule has 0 aliphatic carbocycles. The van der Waals surface area contributed by atoms with Gasteiger partial charge in [0.15, 0.2) is 10.6 Å². The van der Waals surface area contributed by atoms with Crippen LogP contribution in [0.3, 0.4) is 0 Å². The Hall–Kier alpha value is -3.43. The second-order valence-corrected chi connectivity index (χ2v) is 7.69. The predicted octanol–water partition coefficient (Wildman–Crippen LogP) is 4.25. The van der Waals surface area contributed by atoms with Gasteiger partial charge in [-0.2, -0.15) is 5.10 Å². The Bertz CT molecular complexity index is 1270. The van der Waals surface area contributed by atoms with Gasteiger partial charge >= 0.3 is 0 Å². The van der Waals surface area contributed by atoms with Gasteiger partial charge in [-0.15, -0.1) is 0 Å². The monoisotopic (exact) mass is 451 g/mol. The van der Waals surface area contributed by atoms with Crippen molar-refractivity contribution < 1.29 is 14.3 Å². The van der Waals surface area contributed by atoms with E-state index in [1.54, 1.807) is 14.2 Å². The number of hydrogen-bond acceptors (Lipinski definition) is 5. The highest BCUT2D eigenvalue weighted by Crippen LogP contribution is 2.22. The van der Waals surface area contributed by atoms with Crippen molar-refractivity contribution in [3.8, 4) is 17.1 Å². The fraction of sp³-hybridized carbons (Fsp3) is 0.261. The van der Waals surface area contributed by atoms with E-state index in [9.17, 15) is 4.79 Å². The largest absolute Gasteiger partial charge is 0.497 e. The quantitative estimate of drug-likeness (QED) is 0.372. The van der Waals surface area contributed by atoms with Gasteiger partial charge in [0.2, 0.25) is 5.91 Å². The summed E-state index contributed by atoms with van der Waals surface area (Å²) in [7, 11) is 3.31. The van der Waals surface area contributed by atoms with Crippen LogP contribution in [-0.2, 0) is 22.6 Å². The number of rotatable bonds is 9. The Morgan fingerprint density at radius 1 is 1.12 bits per heavy atom. The zero-order valence-corrected chi connectivity index (χ0v) is 18.8. The van der Waals surface area contributed by atoms with Crippen LogP contribution in [0, 0.1) is 4.77 Å². The zero-order chi connectivity index (χ0) is 22.5. The van der Waals surface area contributed by atoms with Gasteiger partial charge in [-0.1, -0.05) is 0 Å². The molecule has 2 N–H and O–H groups in total. The number of hydrogen-bond donors (Lipinski definition) is 2. The number of methoxy groups -OCH3 is 2. The molecule has 166 valence electrons. The van der Waals surface area contributed by atoms with Gasteiger partial charge < -0.3 is 19.4 Å². The van der Waals surface area contributed by atoms with Crippen LogP contribution in [0.5, 0.6) is 5.75 Å². The highest BCUT2D eigenvalue weighted by Gasteiger charge is 2.12. The average Bonchev–Trinajstić information content (AvgIpc) is 3.39. The first-order chi connectivity index (χ1) is 15.6. The van der Waals surface area contributed by atoms with Crippen LogP contribution in [0.1, 0.15) is 6.42 Å². The van der Waals surface area contributed by atoms with E-state index < -0.39 is 0 Å². The van der Waals surface area contributed by atoms with Gasteiger partial charge in [-0.25, -0.2) is 0 Å². The number of nitrogens with zero attached hydrogens (tertiary/aromatic N) is 3. The molecule has 0 atom stereocenters. The van der Waals surface area contributed by atoms with Gasteiger partial charge in [0, 0.05) is 55.0 Å². The number of ether oxygens (including phenoxy) is 2. The second-order valence-electron chi connectivity index (χ2n) is 7.31. The summed E-state index contributed by atoms with van der Waals surface area (Å²) >= 11 is 5.37. The second kappa shape index (κ2) is 9.80. The third-order valence-corrected chi connectivity index (χ3v) is 5.57. The number of nitrogens with one attached hydrogen (secondary N) is 2. The minimum Gasteiger partial charge on any atom is -0.497 e. The third-order valence-electron chi connectivity index (χ3n) is 5.26. The molecule has 0 radical (unpaired) electrons. The Kier molecular flexibility index (Phi) is 6.67. The molecule has 2 aromatic carbocycles. The van der Waals surface area contributed by atoms with Crippen LogP contribution < -0.4 is 10.1 Å². The van der Waals surface area contributed by atoms with Crippen molar-refractivity contribution in [1.29, 1.82) is 0 Å². The molecule has 1 amide bonds. The van der Waals surface area contributed by atoms with Crippen molar-refractivity contribution in [2.75, 3.05) is 26.1 Å². The van der Waals surface area contributed by atoms with E-state index >= 15 is 0 Å². The maximum Gasteiger partial charge on any atom is 0.226 e. The Morgan fingerprint density at radius 3 is 2.69 bits per heavy atom. The predicted molar refractivity (Wildman–Crippen MR) is 126 cm³/mol. The van der Waals surface area contributed by atoms with E-state index in [0.29, 0.717) is 23.7 Å². The summed E-state index contributed by atoms with van der Waals surface area (Å²) in [5, 5.41) is 11.2. The molecule has 4 aromatic rings. The van der Waals surface area contributed by atoms with Gasteiger partial charge in [0.1, 0.15) is 5.75 Å². The fourth-order valence-corrected chi connectivity index (χ4v) is 3.81. The highest BCUT2D eigenvalue weighted by atomic mass is 32.1. The molecule has 32 heavy (non-hydrogen) atoms. The minimum atomic E-state index is -0.0908. The van der Waals surface area contributed by atoms with Gasteiger partial charge in [0.25, 0.3) is 0 Å². The summed E-state index contributed by atoms with van der Waals surface area (Å²) in [4.78, 5) is 12.6. The number of aromatic nitrogens is 4. The maximum absolute atomic E-state index is 12.6. The van der Waals surface area contributed by atoms with Gasteiger partial charge in [-0.05, 0) is 60.7 Å².